The van der Waals surface area contributed by atoms with Crippen molar-refractivity contribution in [2.75, 3.05) is 5.32 Å². The van der Waals surface area contributed by atoms with Crippen LogP contribution in [0, 0.1) is 5.92 Å². The largest absolute Gasteiger partial charge is 0.480 e. The van der Waals surface area contributed by atoms with Crippen LogP contribution >= 0.6 is 0 Å². The van der Waals surface area contributed by atoms with Crippen LogP contribution in [0.2, 0.25) is 0 Å². The lowest BCUT2D eigenvalue weighted by Crippen LogP contribution is -2.30. The van der Waals surface area contributed by atoms with Gasteiger partial charge in [-0.3, -0.25) is 0 Å². The Kier molecular flexibility index (Phi) is 3.56. The van der Waals surface area contributed by atoms with Crippen molar-refractivity contribution in [2.24, 2.45) is 5.92 Å². The molecule has 3 N–H and O–H groups in total. The second-order valence-corrected chi connectivity index (χ2v) is 3.75. The number of hydrogen-bond acceptors (Lipinski definition) is 2. The fourth-order valence-corrected chi connectivity index (χ4v) is 1.30. The Bertz CT molecular complexity index is 280. The summed E-state index contributed by atoms with van der Waals surface area (Å²) < 4.78 is 0. The van der Waals surface area contributed by atoms with Crippen LogP contribution < -0.4 is 5.32 Å². The molecule has 0 amide bonds. The van der Waals surface area contributed by atoms with Crippen molar-refractivity contribution in [3.05, 3.63) is 18.3 Å². The Hall–Kier alpha value is -1.45. The summed E-state index contributed by atoms with van der Waals surface area (Å²) in [5.74, 6) is 0.296. The van der Waals surface area contributed by atoms with Gasteiger partial charge < -0.3 is 15.4 Å². The minimum atomic E-state index is -0.812. The fourth-order valence-electron chi connectivity index (χ4n) is 1.30. The van der Waals surface area contributed by atoms with Crippen LogP contribution in [-0.4, -0.2) is 22.1 Å². The standard InChI is InChI=1S/C10H16N2O2/c1-7(2)6-8(10(13)14)12-9-4-3-5-11-9/h3-5,7-8,11-12H,6H2,1-2H3,(H,13,14)/t8-/m0/s1. The van der Waals surface area contributed by atoms with Gasteiger partial charge in [-0.15, -0.1) is 0 Å². The Balaban J connectivity index is 2.56. The molecule has 0 saturated heterocycles. The van der Waals surface area contributed by atoms with E-state index in [4.69, 9.17) is 5.11 Å². The van der Waals surface area contributed by atoms with Crippen LogP contribution in [0.3, 0.4) is 0 Å². The quantitative estimate of drug-likeness (QED) is 0.674. The zero-order chi connectivity index (χ0) is 10.6. The molecule has 0 bridgehead atoms. The van der Waals surface area contributed by atoms with Crippen LogP contribution in [0.5, 0.6) is 0 Å². The van der Waals surface area contributed by atoms with Crippen LogP contribution in [-0.2, 0) is 4.79 Å². The van der Waals surface area contributed by atoms with E-state index in [2.05, 4.69) is 10.3 Å². The van der Waals surface area contributed by atoms with E-state index in [9.17, 15) is 4.79 Å². The van der Waals surface area contributed by atoms with Gasteiger partial charge in [-0.05, 0) is 24.5 Å². The van der Waals surface area contributed by atoms with E-state index in [0.717, 1.165) is 5.82 Å². The van der Waals surface area contributed by atoms with Crippen molar-refractivity contribution >= 4 is 11.8 Å². The first-order valence-electron chi connectivity index (χ1n) is 4.72. The van der Waals surface area contributed by atoms with Gasteiger partial charge in [0.1, 0.15) is 11.9 Å². The molecule has 0 aromatic carbocycles. The number of aliphatic carboxylic acids is 1. The normalized spacial score (nSPS) is 12.8. The van der Waals surface area contributed by atoms with Crippen molar-refractivity contribution in [3.63, 3.8) is 0 Å². The van der Waals surface area contributed by atoms with Crippen LogP contribution in [0.4, 0.5) is 5.82 Å². The first-order chi connectivity index (χ1) is 6.59. The molecule has 14 heavy (non-hydrogen) atoms. The molecule has 0 spiro atoms. The maximum atomic E-state index is 10.9. The highest BCUT2D eigenvalue weighted by atomic mass is 16.4. The van der Waals surface area contributed by atoms with Gasteiger partial charge in [0.2, 0.25) is 0 Å². The van der Waals surface area contributed by atoms with Crippen molar-refractivity contribution < 1.29 is 9.90 Å². The number of anilines is 1. The summed E-state index contributed by atoms with van der Waals surface area (Å²) in [7, 11) is 0. The topological polar surface area (TPSA) is 65.1 Å². The van der Waals surface area contributed by atoms with E-state index < -0.39 is 12.0 Å². The average molecular weight is 196 g/mol. The molecular weight excluding hydrogens is 180 g/mol. The molecule has 4 heteroatoms. The molecule has 1 aromatic rings. The van der Waals surface area contributed by atoms with Gasteiger partial charge in [0.15, 0.2) is 0 Å². The highest BCUT2D eigenvalue weighted by Crippen LogP contribution is 2.11. The zero-order valence-electron chi connectivity index (χ0n) is 8.45. The fraction of sp³-hybridized carbons (Fsp3) is 0.500. The summed E-state index contributed by atoms with van der Waals surface area (Å²) >= 11 is 0. The van der Waals surface area contributed by atoms with E-state index in [1.807, 2.05) is 26.0 Å². The third kappa shape index (κ3) is 3.12. The summed E-state index contributed by atoms with van der Waals surface area (Å²) in [5.41, 5.74) is 0. The molecule has 1 rings (SSSR count). The molecule has 0 aliphatic heterocycles. The minimum absolute atomic E-state index is 0.360. The van der Waals surface area contributed by atoms with Gasteiger partial charge in [0.05, 0.1) is 0 Å². The molecule has 0 radical (unpaired) electrons. The number of carboxylic acid groups (broad SMARTS) is 1. The highest BCUT2D eigenvalue weighted by molar-refractivity contribution is 5.76. The Labute approximate surface area is 83.3 Å². The number of hydrogen-bond donors (Lipinski definition) is 3. The summed E-state index contributed by atoms with van der Waals surface area (Å²) in [6.07, 6.45) is 2.38. The lowest BCUT2D eigenvalue weighted by atomic mass is 10.0. The van der Waals surface area contributed by atoms with Gasteiger partial charge in [0.25, 0.3) is 0 Å². The summed E-state index contributed by atoms with van der Waals surface area (Å²) in [6, 6.07) is 3.13. The monoisotopic (exact) mass is 196 g/mol. The maximum Gasteiger partial charge on any atom is 0.326 e. The molecular formula is C10H16N2O2. The number of aromatic nitrogens is 1. The molecule has 78 valence electrons. The lowest BCUT2D eigenvalue weighted by molar-refractivity contribution is -0.138. The van der Waals surface area contributed by atoms with Crippen molar-refractivity contribution in [1.82, 2.24) is 4.98 Å². The summed E-state index contributed by atoms with van der Waals surface area (Å²) in [5, 5.41) is 11.9. The lowest BCUT2D eigenvalue weighted by Gasteiger charge is -2.16. The van der Waals surface area contributed by atoms with E-state index in [0.29, 0.717) is 12.3 Å². The molecule has 4 nitrogen and oxygen atoms in total. The third-order valence-corrected chi connectivity index (χ3v) is 1.93. The van der Waals surface area contributed by atoms with Gasteiger partial charge in [0, 0.05) is 6.20 Å². The Morgan fingerprint density at radius 2 is 2.36 bits per heavy atom. The first-order valence-corrected chi connectivity index (χ1v) is 4.72. The SMILES string of the molecule is CC(C)C[C@H](Nc1ccc[nH]1)C(=O)O. The predicted octanol–water partition coefficient (Wildman–Crippen LogP) is 1.93. The highest BCUT2D eigenvalue weighted by Gasteiger charge is 2.18. The number of aromatic amines is 1. The van der Waals surface area contributed by atoms with Gasteiger partial charge in [-0.1, -0.05) is 13.8 Å². The van der Waals surface area contributed by atoms with E-state index in [1.54, 1.807) is 6.20 Å². The zero-order valence-corrected chi connectivity index (χ0v) is 8.45. The maximum absolute atomic E-state index is 10.9. The van der Waals surface area contributed by atoms with Gasteiger partial charge >= 0.3 is 5.97 Å². The molecule has 1 heterocycles. The average Bonchev–Trinajstić information content (AvgIpc) is 2.54. The van der Waals surface area contributed by atoms with E-state index >= 15 is 0 Å². The smallest absolute Gasteiger partial charge is 0.326 e. The van der Waals surface area contributed by atoms with Crippen molar-refractivity contribution in [2.45, 2.75) is 26.3 Å². The van der Waals surface area contributed by atoms with Gasteiger partial charge in [-0.25, -0.2) is 4.79 Å². The third-order valence-electron chi connectivity index (χ3n) is 1.93. The van der Waals surface area contributed by atoms with Crippen LogP contribution in [0.25, 0.3) is 0 Å². The number of rotatable bonds is 5. The molecule has 0 saturated carbocycles. The second-order valence-electron chi connectivity index (χ2n) is 3.75. The predicted molar refractivity (Wildman–Crippen MR) is 55.3 cm³/mol. The van der Waals surface area contributed by atoms with Gasteiger partial charge in [-0.2, -0.15) is 0 Å². The first kappa shape index (κ1) is 10.6. The summed E-state index contributed by atoms with van der Waals surface area (Å²) in [6.45, 7) is 4.01. The summed E-state index contributed by atoms with van der Waals surface area (Å²) in [4.78, 5) is 13.8. The van der Waals surface area contributed by atoms with Crippen LogP contribution in [0.1, 0.15) is 20.3 Å². The molecule has 1 aromatic heterocycles. The molecule has 1 atom stereocenters. The Morgan fingerprint density at radius 3 is 2.79 bits per heavy atom. The van der Waals surface area contributed by atoms with E-state index in [1.165, 1.54) is 0 Å². The molecule has 0 unspecified atom stereocenters. The minimum Gasteiger partial charge on any atom is -0.480 e. The molecule has 0 aliphatic rings. The number of carbonyl (C=O) groups is 1. The number of carboxylic acids is 1. The number of H-pyrrole nitrogens is 1. The van der Waals surface area contributed by atoms with Crippen molar-refractivity contribution in [1.29, 1.82) is 0 Å². The Morgan fingerprint density at radius 1 is 1.64 bits per heavy atom. The second kappa shape index (κ2) is 4.69. The molecule has 0 aliphatic carbocycles. The number of nitrogens with one attached hydrogen (secondary N) is 2. The van der Waals surface area contributed by atoms with Crippen LogP contribution in [0.15, 0.2) is 18.3 Å². The molecule has 0 fully saturated rings. The van der Waals surface area contributed by atoms with Crippen molar-refractivity contribution in [3.8, 4) is 0 Å². The van der Waals surface area contributed by atoms with E-state index in [-0.39, 0.29) is 0 Å².